The fraction of sp³-hybridized carbons (Fsp3) is 1.00. The van der Waals surface area contributed by atoms with Crippen LogP contribution in [0.15, 0.2) is 0 Å². The van der Waals surface area contributed by atoms with Crippen LogP contribution in [0.25, 0.3) is 0 Å². The SMILES string of the molecule is CC(C)OC1CCN(S(=O)(=O)Cl)CC1. The number of hydrogen-bond acceptors (Lipinski definition) is 3. The van der Waals surface area contributed by atoms with E-state index in [2.05, 4.69) is 0 Å². The van der Waals surface area contributed by atoms with Gasteiger partial charge in [-0.2, -0.15) is 12.7 Å². The highest BCUT2D eigenvalue weighted by molar-refractivity contribution is 8.11. The first-order valence-corrected chi connectivity index (χ1v) is 7.01. The topological polar surface area (TPSA) is 46.6 Å². The number of nitrogens with zero attached hydrogens (tertiary/aromatic N) is 1. The monoisotopic (exact) mass is 241 g/mol. The predicted octanol–water partition coefficient (Wildman–Crippen LogP) is 1.36. The lowest BCUT2D eigenvalue weighted by Gasteiger charge is -2.30. The van der Waals surface area contributed by atoms with Crippen molar-refractivity contribution >= 4 is 19.9 Å². The van der Waals surface area contributed by atoms with Crippen molar-refractivity contribution in [2.45, 2.75) is 38.9 Å². The zero-order chi connectivity index (χ0) is 10.8. The quantitative estimate of drug-likeness (QED) is 0.701. The largest absolute Gasteiger partial charge is 0.375 e. The minimum Gasteiger partial charge on any atom is -0.375 e. The van der Waals surface area contributed by atoms with E-state index >= 15 is 0 Å². The Labute approximate surface area is 89.7 Å². The summed E-state index contributed by atoms with van der Waals surface area (Å²) in [5.74, 6) is 0. The molecule has 0 aliphatic carbocycles. The molecule has 6 heteroatoms. The number of halogens is 1. The van der Waals surface area contributed by atoms with Crippen molar-refractivity contribution in [2.24, 2.45) is 0 Å². The highest BCUT2D eigenvalue weighted by Crippen LogP contribution is 2.19. The van der Waals surface area contributed by atoms with Gasteiger partial charge in [0.25, 0.3) is 9.24 Å². The van der Waals surface area contributed by atoms with Crippen LogP contribution in [0.3, 0.4) is 0 Å². The van der Waals surface area contributed by atoms with Crippen molar-refractivity contribution in [1.82, 2.24) is 4.31 Å². The maximum absolute atomic E-state index is 11.0. The van der Waals surface area contributed by atoms with Gasteiger partial charge in [-0.15, -0.1) is 0 Å². The second-order valence-electron chi connectivity index (χ2n) is 3.73. The van der Waals surface area contributed by atoms with Gasteiger partial charge in [0.2, 0.25) is 0 Å². The first kappa shape index (κ1) is 12.2. The van der Waals surface area contributed by atoms with E-state index in [9.17, 15) is 8.42 Å². The van der Waals surface area contributed by atoms with E-state index in [-0.39, 0.29) is 12.2 Å². The molecule has 1 rings (SSSR count). The Hall–Kier alpha value is 0.160. The maximum Gasteiger partial charge on any atom is 0.299 e. The number of ether oxygens (including phenoxy) is 1. The molecule has 4 nitrogen and oxygen atoms in total. The maximum atomic E-state index is 11.0. The molecule has 0 amide bonds. The Kier molecular flexibility index (Phi) is 4.18. The van der Waals surface area contributed by atoms with E-state index in [1.54, 1.807) is 0 Å². The zero-order valence-electron chi connectivity index (χ0n) is 8.44. The molecule has 14 heavy (non-hydrogen) atoms. The third-order valence-corrected chi connectivity index (χ3v) is 3.74. The molecular formula is C8H16ClNO3S. The van der Waals surface area contributed by atoms with Crippen LogP contribution in [-0.2, 0) is 14.0 Å². The highest BCUT2D eigenvalue weighted by atomic mass is 35.7. The summed E-state index contributed by atoms with van der Waals surface area (Å²) in [6, 6.07) is 0. The molecule has 0 aromatic heterocycles. The normalized spacial score (nSPS) is 21.7. The van der Waals surface area contributed by atoms with Gasteiger partial charge in [0.1, 0.15) is 0 Å². The van der Waals surface area contributed by atoms with Gasteiger partial charge in [-0.25, -0.2) is 0 Å². The van der Waals surface area contributed by atoms with E-state index in [4.69, 9.17) is 15.4 Å². The number of hydrogen-bond donors (Lipinski definition) is 0. The third kappa shape index (κ3) is 3.73. The summed E-state index contributed by atoms with van der Waals surface area (Å²) in [7, 11) is 1.69. The van der Waals surface area contributed by atoms with Gasteiger partial charge < -0.3 is 4.74 Å². The lowest BCUT2D eigenvalue weighted by molar-refractivity contribution is -0.0166. The second-order valence-corrected chi connectivity index (χ2v) is 6.24. The van der Waals surface area contributed by atoms with Crippen LogP contribution in [0.2, 0.25) is 0 Å². The van der Waals surface area contributed by atoms with E-state index in [1.165, 1.54) is 4.31 Å². The predicted molar refractivity (Wildman–Crippen MR) is 55.6 cm³/mol. The summed E-state index contributed by atoms with van der Waals surface area (Å²) in [4.78, 5) is 0. The fourth-order valence-corrected chi connectivity index (χ4v) is 2.63. The molecule has 0 unspecified atom stereocenters. The van der Waals surface area contributed by atoms with Crippen LogP contribution in [0, 0.1) is 0 Å². The molecule has 1 aliphatic rings. The summed E-state index contributed by atoms with van der Waals surface area (Å²) in [5.41, 5.74) is 0. The third-order valence-electron chi connectivity index (χ3n) is 2.17. The van der Waals surface area contributed by atoms with Gasteiger partial charge in [-0.1, -0.05) is 0 Å². The Balaban J connectivity index is 2.39. The van der Waals surface area contributed by atoms with Crippen LogP contribution in [0.1, 0.15) is 26.7 Å². The summed E-state index contributed by atoms with van der Waals surface area (Å²) < 4.78 is 28.8. The Morgan fingerprint density at radius 1 is 1.36 bits per heavy atom. The molecule has 84 valence electrons. The molecule has 0 bridgehead atoms. The van der Waals surface area contributed by atoms with Gasteiger partial charge in [0, 0.05) is 23.8 Å². The van der Waals surface area contributed by atoms with Crippen molar-refractivity contribution in [3.63, 3.8) is 0 Å². The van der Waals surface area contributed by atoms with Gasteiger partial charge in [-0.05, 0) is 26.7 Å². The minimum atomic E-state index is -3.53. The lowest BCUT2D eigenvalue weighted by atomic mass is 10.1. The van der Waals surface area contributed by atoms with E-state index in [0.717, 1.165) is 12.8 Å². The van der Waals surface area contributed by atoms with E-state index < -0.39 is 9.24 Å². The van der Waals surface area contributed by atoms with E-state index in [1.807, 2.05) is 13.8 Å². The molecule has 1 fully saturated rings. The average Bonchev–Trinajstić information content (AvgIpc) is 2.02. The van der Waals surface area contributed by atoms with Gasteiger partial charge >= 0.3 is 0 Å². The lowest BCUT2D eigenvalue weighted by Crippen LogP contribution is -2.39. The van der Waals surface area contributed by atoms with Crippen molar-refractivity contribution in [3.05, 3.63) is 0 Å². The average molecular weight is 242 g/mol. The molecule has 0 spiro atoms. The van der Waals surface area contributed by atoms with Crippen LogP contribution in [0.4, 0.5) is 0 Å². The summed E-state index contributed by atoms with van der Waals surface area (Å²) in [6.07, 6.45) is 1.82. The molecule has 0 saturated carbocycles. The van der Waals surface area contributed by atoms with Gasteiger partial charge in [0.15, 0.2) is 0 Å². The molecule has 0 atom stereocenters. The number of rotatable bonds is 3. The highest BCUT2D eigenvalue weighted by Gasteiger charge is 2.26. The number of piperidine rings is 1. The molecular weight excluding hydrogens is 226 g/mol. The van der Waals surface area contributed by atoms with Crippen LogP contribution >= 0.6 is 10.7 Å². The fourth-order valence-electron chi connectivity index (χ4n) is 1.57. The summed E-state index contributed by atoms with van der Waals surface area (Å²) >= 11 is 0. The molecule has 1 saturated heterocycles. The molecule has 0 radical (unpaired) electrons. The van der Waals surface area contributed by atoms with Crippen molar-refractivity contribution < 1.29 is 13.2 Å². The first-order chi connectivity index (χ1) is 6.39. The van der Waals surface area contributed by atoms with E-state index in [0.29, 0.717) is 13.1 Å². The van der Waals surface area contributed by atoms with Crippen LogP contribution in [-0.4, -0.2) is 38.0 Å². The molecule has 1 aliphatic heterocycles. The first-order valence-electron chi connectivity index (χ1n) is 4.75. The van der Waals surface area contributed by atoms with Crippen LogP contribution < -0.4 is 0 Å². The van der Waals surface area contributed by atoms with Crippen molar-refractivity contribution in [3.8, 4) is 0 Å². The Bertz CT molecular complexity index is 270. The van der Waals surface area contributed by atoms with Gasteiger partial charge in [-0.3, -0.25) is 0 Å². The Morgan fingerprint density at radius 2 is 1.86 bits per heavy atom. The molecule has 0 N–H and O–H groups in total. The van der Waals surface area contributed by atoms with Crippen molar-refractivity contribution in [1.29, 1.82) is 0 Å². The standard InChI is InChI=1S/C8H16ClNO3S/c1-7(2)13-8-3-5-10(6-4-8)14(9,11)12/h7-8H,3-6H2,1-2H3. The van der Waals surface area contributed by atoms with Gasteiger partial charge in [0.05, 0.1) is 12.2 Å². The van der Waals surface area contributed by atoms with Crippen molar-refractivity contribution in [2.75, 3.05) is 13.1 Å². The smallest absolute Gasteiger partial charge is 0.299 e. The molecule has 0 aromatic rings. The second kappa shape index (κ2) is 4.79. The summed E-state index contributed by atoms with van der Waals surface area (Å²) in [5, 5.41) is 0. The minimum absolute atomic E-state index is 0.171. The zero-order valence-corrected chi connectivity index (χ0v) is 10.0. The molecule has 1 heterocycles. The molecule has 0 aromatic carbocycles. The van der Waals surface area contributed by atoms with Crippen LogP contribution in [0.5, 0.6) is 0 Å². The Morgan fingerprint density at radius 3 is 2.21 bits per heavy atom. The summed E-state index contributed by atoms with van der Waals surface area (Å²) in [6.45, 7) is 4.88.